The van der Waals surface area contributed by atoms with E-state index < -0.39 is 0 Å². The standard InChI is InChI=1S/C13H20BrN3O2/c1-8(2)5-16-7-10-11(14)12(18)15(4)13(19)17(10)6-9(16)3/h8-9H,5-7H2,1-4H3. The van der Waals surface area contributed by atoms with Crippen molar-refractivity contribution in [3.05, 3.63) is 31.0 Å². The summed E-state index contributed by atoms with van der Waals surface area (Å²) in [6.45, 7) is 8.72. The van der Waals surface area contributed by atoms with Crippen LogP contribution in [0.1, 0.15) is 26.5 Å². The Bertz CT molecular complexity index is 603. The van der Waals surface area contributed by atoms with Gasteiger partial charge < -0.3 is 0 Å². The van der Waals surface area contributed by atoms with Gasteiger partial charge in [0.15, 0.2) is 0 Å². The molecular formula is C13H20BrN3O2. The zero-order chi connectivity index (χ0) is 14.3. The molecule has 0 amide bonds. The summed E-state index contributed by atoms with van der Waals surface area (Å²) in [5, 5.41) is 0. The van der Waals surface area contributed by atoms with Crippen LogP contribution in [0.4, 0.5) is 0 Å². The summed E-state index contributed by atoms with van der Waals surface area (Å²) in [5.74, 6) is 0.561. The van der Waals surface area contributed by atoms with Crippen LogP contribution in [-0.4, -0.2) is 26.6 Å². The fraction of sp³-hybridized carbons (Fsp3) is 0.692. The van der Waals surface area contributed by atoms with Crippen molar-refractivity contribution < 1.29 is 0 Å². The number of hydrogen-bond donors (Lipinski definition) is 0. The zero-order valence-corrected chi connectivity index (χ0v) is 13.4. The summed E-state index contributed by atoms with van der Waals surface area (Å²) in [6, 6.07) is 0.303. The maximum atomic E-state index is 12.1. The fourth-order valence-electron chi connectivity index (χ4n) is 2.56. The van der Waals surface area contributed by atoms with Gasteiger partial charge in [-0.1, -0.05) is 13.8 Å². The van der Waals surface area contributed by atoms with Crippen molar-refractivity contribution in [3.63, 3.8) is 0 Å². The molecule has 5 nitrogen and oxygen atoms in total. The minimum absolute atomic E-state index is 0.223. The predicted octanol–water partition coefficient (Wildman–Crippen LogP) is 1.17. The van der Waals surface area contributed by atoms with E-state index in [0.29, 0.717) is 29.5 Å². The molecule has 106 valence electrons. The van der Waals surface area contributed by atoms with E-state index in [2.05, 4.69) is 41.6 Å². The highest BCUT2D eigenvalue weighted by Crippen LogP contribution is 2.21. The van der Waals surface area contributed by atoms with Gasteiger partial charge >= 0.3 is 5.69 Å². The third kappa shape index (κ3) is 2.56. The maximum Gasteiger partial charge on any atom is 0.331 e. The van der Waals surface area contributed by atoms with Crippen LogP contribution >= 0.6 is 15.9 Å². The van der Waals surface area contributed by atoms with Crippen molar-refractivity contribution >= 4 is 15.9 Å². The van der Waals surface area contributed by atoms with E-state index in [9.17, 15) is 9.59 Å². The number of hydrogen-bond acceptors (Lipinski definition) is 3. The van der Waals surface area contributed by atoms with E-state index in [1.807, 2.05) is 0 Å². The average molecular weight is 330 g/mol. The van der Waals surface area contributed by atoms with Gasteiger partial charge in [-0.2, -0.15) is 0 Å². The van der Waals surface area contributed by atoms with E-state index >= 15 is 0 Å². The first-order chi connectivity index (χ1) is 8.82. The highest BCUT2D eigenvalue weighted by Gasteiger charge is 2.27. The highest BCUT2D eigenvalue weighted by molar-refractivity contribution is 9.10. The Balaban J connectivity index is 2.51. The lowest BCUT2D eigenvalue weighted by Gasteiger charge is -2.37. The van der Waals surface area contributed by atoms with E-state index in [4.69, 9.17) is 0 Å². The molecule has 0 aromatic carbocycles. The molecule has 0 spiro atoms. The van der Waals surface area contributed by atoms with Crippen LogP contribution in [0.15, 0.2) is 14.1 Å². The van der Waals surface area contributed by atoms with Gasteiger partial charge in [-0.05, 0) is 28.8 Å². The van der Waals surface area contributed by atoms with E-state index in [1.54, 1.807) is 4.57 Å². The van der Waals surface area contributed by atoms with Crippen molar-refractivity contribution in [3.8, 4) is 0 Å². The van der Waals surface area contributed by atoms with Gasteiger partial charge in [-0.25, -0.2) is 4.79 Å². The van der Waals surface area contributed by atoms with Crippen molar-refractivity contribution in [2.75, 3.05) is 6.54 Å². The first-order valence-corrected chi connectivity index (χ1v) is 7.34. The summed E-state index contributed by atoms with van der Waals surface area (Å²) in [7, 11) is 1.52. The number of halogens is 1. The van der Waals surface area contributed by atoms with Gasteiger partial charge in [0.25, 0.3) is 5.56 Å². The van der Waals surface area contributed by atoms with E-state index in [1.165, 1.54) is 11.6 Å². The van der Waals surface area contributed by atoms with Gasteiger partial charge in [-0.15, -0.1) is 0 Å². The smallest absolute Gasteiger partial charge is 0.294 e. The molecule has 19 heavy (non-hydrogen) atoms. The molecule has 1 aliphatic rings. The second-order valence-corrected chi connectivity index (χ2v) is 6.48. The Morgan fingerprint density at radius 2 is 2.00 bits per heavy atom. The third-order valence-corrected chi connectivity index (χ3v) is 4.41. The fourth-order valence-corrected chi connectivity index (χ4v) is 3.16. The van der Waals surface area contributed by atoms with Crippen molar-refractivity contribution in [2.45, 2.75) is 39.9 Å². The second-order valence-electron chi connectivity index (χ2n) is 5.69. The summed E-state index contributed by atoms with van der Waals surface area (Å²) in [4.78, 5) is 26.4. The van der Waals surface area contributed by atoms with Crippen LogP contribution < -0.4 is 11.2 Å². The number of aromatic nitrogens is 2. The molecule has 1 unspecified atom stereocenters. The molecule has 1 atom stereocenters. The van der Waals surface area contributed by atoms with Gasteiger partial charge in [0, 0.05) is 32.7 Å². The Morgan fingerprint density at radius 3 is 2.58 bits per heavy atom. The predicted molar refractivity (Wildman–Crippen MR) is 78.4 cm³/mol. The Labute approximate surface area is 121 Å². The number of rotatable bonds is 2. The zero-order valence-electron chi connectivity index (χ0n) is 11.8. The molecule has 0 saturated heterocycles. The molecule has 2 heterocycles. The molecule has 6 heteroatoms. The Hall–Kier alpha value is -0.880. The van der Waals surface area contributed by atoms with Gasteiger partial charge in [0.05, 0.1) is 5.69 Å². The van der Waals surface area contributed by atoms with E-state index in [-0.39, 0.29) is 11.2 Å². The minimum Gasteiger partial charge on any atom is -0.294 e. The molecule has 1 aromatic heterocycles. The Kier molecular flexibility index (Phi) is 4.01. The average Bonchev–Trinajstić information content (AvgIpc) is 2.35. The minimum atomic E-state index is -0.254. The number of fused-ring (bicyclic) bond motifs is 1. The largest absolute Gasteiger partial charge is 0.331 e. The van der Waals surface area contributed by atoms with Crippen LogP contribution in [0.3, 0.4) is 0 Å². The van der Waals surface area contributed by atoms with Crippen LogP contribution in [0.25, 0.3) is 0 Å². The molecule has 0 bridgehead atoms. The van der Waals surface area contributed by atoms with Crippen LogP contribution in [0.5, 0.6) is 0 Å². The molecule has 1 aromatic rings. The third-order valence-electron chi connectivity index (χ3n) is 3.61. The molecule has 2 rings (SSSR count). The van der Waals surface area contributed by atoms with E-state index in [0.717, 1.165) is 12.2 Å². The van der Waals surface area contributed by atoms with Gasteiger partial charge in [0.1, 0.15) is 4.47 Å². The summed E-state index contributed by atoms with van der Waals surface area (Å²) in [6.07, 6.45) is 0. The van der Waals surface area contributed by atoms with Crippen LogP contribution in [0.2, 0.25) is 0 Å². The lowest BCUT2D eigenvalue weighted by molar-refractivity contribution is 0.130. The Morgan fingerprint density at radius 1 is 1.37 bits per heavy atom. The van der Waals surface area contributed by atoms with Crippen molar-refractivity contribution in [1.82, 2.24) is 14.0 Å². The molecule has 1 aliphatic heterocycles. The topological polar surface area (TPSA) is 47.2 Å². The molecule has 0 radical (unpaired) electrons. The molecular weight excluding hydrogens is 310 g/mol. The SMILES string of the molecule is CC(C)CN1Cc2c(Br)c(=O)n(C)c(=O)n2CC1C. The first kappa shape index (κ1) is 14.5. The molecule has 0 saturated carbocycles. The summed E-state index contributed by atoms with van der Waals surface area (Å²) < 4.78 is 3.39. The lowest BCUT2D eigenvalue weighted by atomic mass is 10.1. The lowest BCUT2D eigenvalue weighted by Crippen LogP contribution is -2.50. The normalized spacial score (nSPS) is 19.8. The highest BCUT2D eigenvalue weighted by atomic mass is 79.9. The molecule has 0 N–H and O–H groups in total. The second kappa shape index (κ2) is 5.25. The first-order valence-electron chi connectivity index (χ1n) is 6.55. The monoisotopic (exact) mass is 329 g/mol. The van der Waals surface area contributed by atoms with Gasteiger partial charge in [-0.3, -0.25) is 18.8 Å². The number of nitrogens with zero attached hydrogens (tertiary/aromatic N) is 3. The van der Waals surface area contributed by atoms with Crippen LogP contribution in [0, 0.1) is 5.92 Å². The summed E-state index contributed by atoms with van der Waals surface area (Å²) in [5.41, 5.74) is 0.321. The maximum absolute atomic E-state index is 12.1. The van der Waals surface area contributed by atoms with Gasteiger partial charge in [0.2, 0.25) is 0 Å². The summed E-state index contributed by atoms with van der Waals surface area (Å²) >= 11 is 3.34. The molecule has 0 aliphatic carbocycles. The quantitative estimate of drug-likeness (QED) is 0.818. The molecule has 0 fully saturated rings. The van der Waals surface area contributed by atoms with Crippen LogP contribution in [-0.2, 0) is 20.1 Å². The van der Waals surface area contributed by atoms with Crippen molar-refractivity contribution in [2.24, 2.45) is 13.0 Å². The van der Waals surface area contributed by atoms with Crippen molar-refractivity contribution in [1.29, 1.82) is 0 Å².